The van der Waals surface area contributed by atoms with Gasteiger partial charge in [-0.15, -0.1) is 0 Å². The molecule has 0 aliphatic heterocycles. The van der Waals surface area contributed by atoms with Gasteiger partial charge in [0.1, 0.15) is 7.05 Å². The number of hydrogen-bond donors (Lipinski definition) is 1. The highest BCUT2D eigenvalue weighted by molar-refractivity contribution is 6.05. The average molecular weight is 233 g/mol. The van der Waals surface area contributed by atoms with E-state index in [1.165, 1.54) is 6.92 Å². The lowest BCUT2D eigenvalue weighted by molar-refractivity contribution is -0.420. The molecule has 92 valence electrons. The van der Waals surface area contributed by atoms with E-state index in [9.17, 15) is 19.9 Å². The first-order valence-electron chi connectivity index (χ1n) is 4.44. The smallest absolute Gasteiger partial charge is 0.350 e. The number of rotatable bonds is 4. The summed E-state index contributed by atoms with van der Waals surface area (Å²) in [5, 5.41) is 20.7. The maximum absolute atomic E-state index is 11.3. The zero-order chi connectivity index (χ0) is 12.9. The molecule has 0 aromatic rings. The first-order chi connectivity index (χ1) is 7.30. The lowest BCUT2D eigenvalue weighted by atomic mass is 9.89. The minimum Gasteiger partial charge on any atom is -0.624 e. The van der Waals surface area contributed by atoms with Crippen molar-refractivity contribution in [2.45, 2.75) is 12.5 Å². The summed E-state index contributed by atoms with van der Waals surface area (Å²) < 4.78 is 9.00. The van der Waals surface area contributed by atoms with Gasteiger partial charge in [0.25, 0.3) is 5.60 Å². The quantitative estimate of drug-likeness (QED) is 0.165. The van der Waals surface area contributed by atoms with Crippen LogP contribution >= 0.6 is 0 Å². The second-order valence-corrected chi connectivity index (χ2v) is 3.23. The van der Waals surface area contributed by atoms with Crippen LogP contribution in [0.5, 0.6) is 0 Å². The van der Waals surface area contributed by atoms with Gasteiger partial charge in [0, 0.05) is 0 Å². The van der Waals surface area contributed by atoms with Gasteiger partial charge in [-0.2, -0.15) is 0 Å². The van der Waals surface area contributed by atoms with Gasteiger partial charge in [0.2, 0.25) is 0 Å². The van der Waals surface area contributed by atoms with Crippen LogP contribution in [0, 0.1) is 11.1 Å². The Morgan fingerprint density at radius 3 is 2.00 bits per heavy atom. The molecule has 0 amide bonds. The van der Waals surface area contributed by atoms with Crippen LogP contribution in [0.2, 0.25) is 0 Å². The molecule has 1 N–H and O–H groups in total. The van der Waals surface area contributed by atoms with Gasteiger partial charge in [0.05, 0.1) is 20.1 Å². The van der Waals surface area contributed by atoms with Crippen LogP contribution in [0.15, 0.2) is 0 Å². The summed E-state index contributed by atoms with van der Waals surface area (Å²) in [5.41, 5.74) is -2.51. The molecule has 0 spiro atoms. The topological polar surface area (TPSA) is 98.9 Å². The number of hydroxylamine groups is 1. The molecule has 0 saturated carbocycles. The van der Waals surface area contributed by atoms with Crippen LogP contribution in [0.4, 0.5) is 0 Å². The fraction of sp³-hybridized carbons (Fsp3) is 0.667. The predicted octanol–water partition coefficient (Wildman–Crippen LogP) is -1.09. The third-order valence-corrected chi connectivity index (χ3v) is 2.09. The summed E-state index contributed by atoms with van der Waals surface area (Å²) in [7, 11) is 3.19. The van der Waals surface area contributed by atoms with Crippen molar-refractivity contribution in [3.8, 4) is 0 Å². The summed E-state index contributed by atoms with van der Waals surface area (Å²) in [4.78, 5) is 22.7. The van der Waals surface area contributed by atoms with Crippen LogP contribution in [0.1, 0.15) is 6.92 Å². The number of carbonyl (C=O) groups is 2. The molecule has 7 heteroatoms. The summed E-state index contributed by atoms with van der Waals surface area (Å²) >= 11 is 0. The number of hydrogen-bond acceptors (Lipinski definition) is 6. The highest BCUT2D eigenvalue weighted by atomic mass is 16.6. The molecule has 7 nitrogen and oxygen atoms in total. The number of aliphatic hydroxyl groups is 1. The van der Waals surface area contributed by atoms with Gasteiger partial charge in [-0.25, -0.2) is 14.3 Å². The number of methoxy groups -OCH3 is 2. The van der Waals surface area contributed by atoms with E-state index >= 15 is 0 Å². The van der Waals surface area contributed by atoms with Crippen LogP contribution in [0.25, 0.3) is 0 Å². The van der Waals surface area contributed by atoms with E-state index < -0.39 is 23.5 Å². The van der Waals surface area contributed by atoms with Crippen molar-refractivity contribution in [3.63, 3.8) is 0 Å². The second kappa shape index (κ2) is 5.45. The lowest BCUT2D eigenvalue weighted by Gasteiger charge is -2.25. The Hall–Kier alpha value is -1.63. The van der Waals surface area contributed by atoms with Gasteiger partial charge in [0.15, 0.2) is 6.21 Å². The Morgan fingerprint density at radius 1 is 1.38 bits per heavy atom. The molecule has 0 aliphatic carbocycles. The van der Waals surface area contributed by atoms with Crippen LogP contribution in [0.3, 0.4) is 0 Å². The van der Waals surface area contributed by atoms with Crippen LogP contribution < -0.4 is 0 Å². The van der Waals surface area contributed by atoms with E-state index in [-0.39, 0.29) is 0 Å². The van der Waals surface area contributed by atoms with Gasteiger partial charge >= 0.3 is 11.9 Å². The monoisotopic (exact) mass is 233 g/mol. The van der Waals surface area contributed by atoms with Crippen molar-refractivity contribution in [2.24, 2.45) is 5.92 Å². The number of nitrogens with zero attached hydrogens (tertiary/aromatic N) is 1. The lowest BCUT2D eigenvalue weighted by Crippen LogP contribution is -2.54. The Bertz CT molecular complexity index is 291. The number of carbonyl (C=O) groups excluding carboxylic acids is 2. The van der Waals surface area contributed by atoms with Crippen LogP contribution in [-0.2, 0) is 19.1 Å². The maximum atomic E-state index is 11.3. The third-order valence-electron chi connectivity index (χ3n) is 2.09. The summed E-state index contributed by atoms with van der Waals surface area (Å²) in [6.45, 7) is 1.32. The third kappa shape index (κ3) is 2.69. The predicted molar refractivity (Wildman–Crippen MR) is 53.8 cm³/mol. The van der Waals surface area contributed by atoms with E-state index in [4.69, 9.17) is 0 Å². The zero-order valence-corrected chi connectivity index (χ0v) is 9.59. The molecule has 0 aliphatic rings. The molecule has 0 aromatic carbocycles. The van der Waals surface area contributed by atoms with Crippen molar-refractivity contribution in [1.29, 1.82) is 0 Å². The largest absolute Gasteiger partial charge is 0.624 e. The summed E-state index contributed by atoms with van der Waals surface area (Å²) in [6, 6.07) is 0. The van der Waals surface area contributed by atoms with E-state index in [2.05, 4.69) is 9.47 Å². The normalized spacial score (nSPS) is 14.2. The molecule has 0 fully saturated rings. The Labute approximate surface area is 92.9 Å². The van der Waals surface area contributed by atoms with Crippen molar-refractivity contribution in [2.75, 3.05) is 21.3 Å². The SMILES string of the molecule is COC(=O)C(O)(C(=O)OC)[C@H](C)/C=[N+](/C)[O-]. The molecule has 0 radical (unpaired) electrons. The van der Waals surface area contributed by atoms with Crippen molar-refractivity contribution in [3.05, 3.63) is 5.21 Å². The standard InChI is InChI=1S/C9H15NO6/c1-6(5-10(2)14)9(13,7(11)15-3)8(12)16-4/h5-6,13H,1-4H3/b10-5-/t6-/m1/s1. The van der Waals surface area contributed by atoms with Gasteiger partial charge in [-0.1, -0.05) is 0 Å². The van der Waals surface area contributed by atoms with Crippen molar-refractivity contribution >= 4 is 18.2 Å². The average Bonchev–Trinajstić information content (AvgIpc) is 2.24. The van der Waals surface area contributed by atoms with Gasteiger partial charge in [-0.05, 0) is 6.92 Å². The zero-order valence-electron chi connectivity index (χ0n) is 9.59. The highest BCUT2D eigenvalue weighted by Crippen LogP contribution is 2.19. The molecule has 0 heterocycles. The molecule has 0 unspecified atom stereocenters. The maximum Gasteiger partial charge on any atom is 0.350 e. The van der Waals surface area contributed by atoms with E-state index in [0.717, 1.165) is 27.5 Å². The van der Waals surface area contributed by atoms with Crippen molar-refractivity contribution < 1.29 is 28.9 Å². The molecule has 16 heavy (non-hydrogen) atoms. The Balaban J connectivity index is 5.32. The fourth-order valence-electron chi connectivity index (χ4n) is 1.19. The van der Waals surface area contributed by atoms with E-state index in [1.54, 1.807) is 0 Å². The molecule has 0 bridgehead atoms. The fourth-order valence-corrected chi connectivity index (χ4v) is 1.19. The number of ether oxygens (including phenoxy) is 2. The first-order valence-corrected chi connectivity index (χ1v) is 4.44. The summed E-state index contributed by atoms with van der Waals surface area (Å²) in [5.74, 6) is -3.43. The van der Waals surface area contributed by atoms with Gasteiger partial charge in [-0.3, -0.25) is 0 Å². The first kappa shape index (κ1) is 14.4. The second-order valence-electron chi connectivity index (χ2n) is 3.23. The molecule has 1 atom stereocenters. The Kier molecular flexibility index (Phi) is 4.90. The molecule has 0 saturated heterocycles. The number of esters is 2. The van der Waals surface area contributed by atoms with Gasteiger partial charge < -0.3 is 19.8 Å². The summed E-state index contributed by atoms with van der Waals surface area (Å²) in [6.07, 6.45) is 0.966. The molecule has 0 rings (SSSR count). The minimum atomic E-state index is -2.51. The van der Waals surface area contributed by atoms with Crippen LogP contribution in [-0.4, -0.2) is 54.9 Å². The minimum absolute atomic E-state index is 0.377. The molecular weight excluding hydrogens is 218 g/mol. The van der Waals surface area contributed by atoms with E-state index in [0.29, 0.717) is 4.74 Å². The molecular formula is C9H15NO6. The molecule has 0 aromatic heterocycles. The highest BCUT2D eigenvalue weighted by Gasteiger charge is 2.52. The van der Waals surface area contributed by atoms with Crippen molar-refractivity contribution in [1.82, 2.24) is 0 Å². The Morgan fingerprint density at radius 2 is 1.75 bits per heavy atom. The van der Waals surface area contributed by atoms with E-state index in [1.807, 2.05) is 0 Å².